The third-order valence-electron chi connectivity index (χ3n) is 2.73. The second-order valence-corrected chi connectivity index (χ2v) is 5.30. The molecule has 0 saturated carbocycles. The molecule has 0 bridgehead atoms. The van der Waals surface area contributed by atoms with Gasteiger partial charge in [-0.15, -0.1) is 13.2 Å². The Hall–Kier alpha value is -1.53. The van der Waals surface area contributed by atoms with E-state index in [1.165, 1.54) is 12.1 Å². The molecule has 0 aliphatic heterocycles. The van der Waals surface area contributed by atoms with Gasteiger partial charge >= 0.3 is 6.36 Å². The molecule has 0 saturated heterocycles. The highest BCUT2D eigenvalue weighted by atomic mass is 79.9. The van der Waals surface area contributed by atoms with Gasteiger partial charge in [-0.3, -0.25) is 0 Å². The van der Waals surface area contributed by atoms with Crippen molar-refractivity contribution in [1.29, 1.82) is 0 Å². The normalized spacial score (nSPS) is 11.4. The van der Waals surface area contributed by atoms with Gasteiger partial charge in [0.1, 0.15) is 5.75 Å². The molecule has 2 nitrogen and oxygen atoms in total. The van der Waals surface area contributed by atoms with Crippen LogP contribution in [-0.2, 0) is 13.1 Å². The molecular weight excluding hydrogens is 347 g/mol. The monoisotopic (exact) mass is 359 g/mol. The highest BCUT2D eigenvalue weighted by Gasteiger charge is 2.31. The molecule has 0 fully saturated rings. The fraction of sp³-hybridized carbons (Fsp3) is 0.200. The molecule has 0 amide bonds. The van der Waals surface area contributed by atoms with Crippen LogP contribution in [0.25, 0.3) is 0 Å². The Morgan fingerprint density at radius 1 is 1.00 bits per heavy atom. The molecule has 0 atom stereocenters. The first-order valence-corrected chi connectivity index (χ1v) is 7.02. The number of hydrogen-bond acceptors (Lipinski definition) is 2. The predicted octanol–water partition coefficient (Wildman–Crippen LogP) is 4.64. The topological polar surface area (TPSA) is 21.3 Å². The fourth-order valence-electron chi connectivity index (χ4n) is 1.86. The summed E-state index contributed by atoms with van der Waals surface area (Å²) >= 11 is 3.37. The van der Waals surface area contributed by atoms with Crippen molar-refractivity contribution in [2.24, 2.45) is 0 Å². The first-order chi connectivity index (χ1) is 9.94. The SMILES string of the molecule is FC(F)(F)Oc1ccccc1CNCc1cccc(Br)c1. The molecule has 2 aromatic rings. The van der Waals surface area contributed by atoms with Crippen LogP contribution in [0.5, 0.6) is 5.75 Å². The summed E-state index contributed by atoms with van der Waals surface area (Å²) in [5.41, 5.74) is 1.50. The van der Waals surface area contributed by atoms with E-state index in [9.17, 15) is 13.2 Å². The van der Waals surface area contributed by atoms with Crippen molar-refractivity contribution < 1.29 is 17.9 Å². The highest BCUT2D eigenvalue weighted by molar-refractivity contribution is 9.10. The predicted molar refractivity (Wildman–Crippen MR) is 77.8 cm³/mol. The van der Waals surface area contributed by atoms with E-state index < -0.39 is 6.36 Å². The van der Waals surface area contributed by atoms with Gasteiger partial charge in [-0.2, -0.15) is 0 Å². The van der Waals surface area contributed by atoms with Gasteiger partial charge in [-0.05, 0) is 23.8 Å². The van der Waals surface area contributed by atoms with Gasteiger partial charge in [0.05, 0.1) is 0 Å². The van der Waals surface area contributed by atoms with Gasteiger partial charge in [0.2, 0.25) is 0 Å². The van der Waals surface area contributed by atoms with Gasteiger partial charge in [0.25, 0.3) is 0 Å². The molecular formula is C15H13BrF3NO. The maximum atomic E-state index is 12.3. The molecule has 21 heavy (non-hydrogen) atoms. The van der Waals surface area contributed by atoms with E-state index in [1.54, 1.807) is 12.1 Å². The van der Waals surface area contributed by atoms with E-state index in [0.29, 0.717) is 18.7 Å². The molecule has 6 heteroatoms. The Bertz CT molecular complexity index is 601. The van der Waals surface area contributed by atoms with Crippen LogP contribution < -0.4 is 10.1 Å². The lowest BCUT2D eigenvalue weighted by molar-refractivity contribution is -0.274. The van der Waals surface area contributed by atoms with Crippen LogP contribution in [0.2, 0.25) is 0 Å². The average Bonchev–Trinajstić information content (AvgIpc) is 2.39. The zero-order valence-corrected chi connectivity index (χ0v) is 12.5. The Balaban J connectivity index is 1.97. The molecule has 0 unspecified atom stereocenters. The van der Waals surface area contributed by atoms with Gasteiger partial charge in [0, 0.05) is 23.1 Å². The van der Waals surface area contributed by atoms with E-state index >= 15 is 0 Å². The van der Waals surface area contributed by atoms with Crippen molar-refractivity contribution >= 4 is 15.9 Å². The average molecular weight is 360 g/mol. The summed E-state index contributed by atoms with van der Waals surface area (Å²) in [5.74, 6) is -0.174. The lowest BCUT2D eigenvalue weighted by Crippen LogP contribution is -2.20. The van der Waals surface area contributed by atoms with Gasteiger partial charge in [-0.25, -0.2) is 0 Å². The number of rotatable bonds is 5. The number of para-hydroxylation sites is 1. The Kier molecular flexibility index (Phi) is 5.25. The van der Waals surface area contributed by atoms with Crippen LogP contribution in [0.15, 0.2) is 53.0 Å². The van der Waals surface area contributed by atoms with E-state index in [1.807, 2.05) is 24.3 Å². The van der Waals surface area contributed by atoms with Crippen molar-refractivity contribution in [3.05, 3.63) is 64.1 Å². The zero-order chi connectivity index (χ0) is 15.3. The van der Waals surface area contributed by atoms with E-state index in [-0.39, 0.29) is 5.75 Å². The minimum atomic E-state index is -4.68. The molecule has 0 spiro atoms. The second kappa shape index (κ2) is 6.95. The van der Waals surface area contributed by atoms with Crippen molar-refractivity contribution in [1.82, 2.24) is 5.32 Å². The summed E-state index contributed by atoms with van der Waals surface area (Å²) in [5, 5.41) is 3.10. The van der Waals surface area contributed by atoms with Crippen LogP contribution in [0, 0.1) is 0 Å². The van der Waals surface area contributed by atoms with Crippen LogP contribution in [-0.4, -0.2) is 6.36 Å². The maximum absolute atomic E-state index is 12.3. The summed E-state index contributed by atoms with van der Waals surface area (Å²) in [6.45, 7) is 0.846. The largest absolute Gasteiger partial charge is 0.573 e. The standard InChI is InChI=1S/C15H13BrF3NO/c16-13-6-3-4-11(8-13)9-20-10-12-5-1-2-7-14(12)21-15(17,18)19/h1-8,20H,9-10H2. The Labute approximate surface area is 129 Å². The van der Waals surface area contributed by atoms with Gasteiger partial charge in [0.15, 0.2) is 0 Å². The molecule has 2 aromatic carbocycles. The molecule has 0 aromatic heterocycles. The zero-order valence-electron chi connectivity index (χ0n) is 11.0. The van der Waals surface area contributed by atoms with Crippen molar-refractivity contribution in [3.63, 3.8) is 0 Å². The third kappa shape index (κ3) is 5.40. The quantitative estimate of drug-likeness (QED) is 0.839. The van der Waals surface area contributed by atoms with Crippen molar-refractivity contribution in [3.8, 4) is 5.75 Å². The lowest BCUT2D eigenvalue weighted by Gasteiger charge is -2.13. The first kappa shape index (κ1) is 15.9. The van der Waals surface area contributed by atoms with Crippen molar-refractivity contribution in [2.45, 2.75) is 19.5 Å². The minimum absolute atomic E-state index is 0.174. The molecule has 0 radical (unpaired) electrons. The fourth-order valence-corrected chi connectivity index (χ4v) is 2.31. The highest BCUT2D eigenvalue weighted by Crippen LogP contribution is 2.26. The summed E-state index contributed by atoms with van der Waals surface area (Å²) in [6, 6.07) is 13.8. The van der Waals surface area contributed by atoms with Gasteiger partial charge < -0.3 is 10.1 Å². The molecule has 2 rings (SSSR count). The Morgan fingerprint density at radius 2 is 1.76 bits per heavy atom. The van der Waals surface area contributed by atoms with E-state index in [4.69, 9.17) is 0 Å². The van der Waals surface area contributed by atoms with Crippen LogP contribution in [0.3, 0.4) is 0 Å². The minimum Gasteiger partial charge on any atom is -0.405 e. The smallest absolute Gasteiger partial charge is 0.405 e. The second-order valence-electron chi connectivity index (χ2n) is 4.39. The molecule has 112 valence electrons. The first-order valence-electron chi connectivity index (χ1n) is 6.23. The summed E-state index contributed by atoms with van der Waals surface area (Å²) in [6.07, 6.45) is -4.68. The molecule has 0 aliphatic rings. The number of hydrogen-bond donors (Lipinski definition) is 1. The van der Waals surface area contributed by atoms with Crippen LogP contribution >= 0.6 is 15.9 Å². The lowest BCUT2D eigenvalue weighted by atomic mass is 10.2. The number of nitrogens with one attached hydrogen (secondary N) is 1. The van der Waals surface area contributed by atoms with E-state index in [2.05, 4.69) is 26.0 Å². The molecule has 0 aliphatic carbocycles. The molecule has 0 heterocycles. The number of ether oxygens (including phenoxy) is 1. The number of benzene rings is 2. The molecule has 1 N–H and O–H groups in total. The Morgan fingerprint density at radius 3 is 2.48 bits per heavy atom. The van der Waals surface area contributed by atoms with Gasteiger partial charge in [-0.1, -0.05) is 46.3 Å². The maximum Gasteiger partial charge on any atom is 0.573 e. The number of alkyl halides is 3. The third-order valence-corrected chi connectivity index (χ3v) is 3.23. The van der Waals surface area contributed by atoms with Crippen LogP contribution in [0.1, 0.15) is 11.1 Å². The summed E-state index contributed by atoms with van der Waals surface area (Å²) in [7, 11) is 0. The summed E-state index contributed by atoms with van der Waals surface area (Å²) < 4.78 is 41.9. The number of halogens is 4. The van der Waals surface area contributed by atoms with E-state index in [0.717, 1.165) is 10.0 Å². The van der Waals surface area contributed by atoms with Crippen LogP contribution in [0.4, 0.5) is 13.2 Å². The van der Waals surface area contributed by atoms with Crippen molar-refractivity contribution in [2.75, 3.05) is 0 Å². The summed E-state index contributed by atoms with van der Waals surface area (Å²) in [4.78, 5) is 0.